The number of nitrogens with one attached hydrogen (secondary N) is 2. The molecule has 0 spiro atoms. The summed E-state index contributed by atoms with van der Waals surface area (Å²) in [6.45, 7) is 1.16. The maximum atomic E-state index is 13.0. The zero-order valence-corrected chi connectivity index (χ0v) is 16.9. The number of aromatic nitrogens is 3. The number of nitrogens with two attached hydrogens (primary N) is 1. The fraction of sp³-hybridized carbons (Fsp3) is 0.238. The Morgan fingerprint density at radius 3 is 3.00 bits per heavy atom. The first-order valence-electron chi connectivity index (χ1n) is 9.68. The molecule has 0 bridgehead atoms. The van der Waals surface area contributed by atoms with Gasteiger partial charge in [0.05, 0.1) is 39.8 Å². The lowest BCUT2D eigenvalue weighted by Crippen LogP contribution is -2.47. The Morgan fingerprint density at radius 2 is 2.10 bits per heavy atom. The van der Waals surface area contributed by atoms with Crippen LogP contribution in [0.25, 0.3) is 21.1 Å². The van der Waals surface area contributed by atoms with E-state index in [9.17, 15) is 4.79 Å². The smallest absolute Gasteiger partial charge is 0.258 e. The fourth-order valence-corrected chi connectivity index (χ4v) is 4.40. The Bertz CT molecular complexity index is 1220. The van der Waals surface area contributed by atoms with Crippen molar-refractivity contribution < 1.29 is 9.53 Å². The van der Waals surface area contributed by atoms with Crippen molar-refractivity contribution in [3.8, 4) is 0 Å². The molecule has 8 nitrogen and oxygen atoms in total. The summed E-state index contributed by atoms with van der Waals surface area (Å²) >= 11 is 1.44. The molecule has 1 aromatic carbocycles. The van der Waals surface area contributed by atoms with Crippen LogP contribution in [0.15, 0.2) is 48.1 Å². The van der Waals surface area contributed by atoms with Gasteiger partial charge < -0.3 is 21.1 Å². The van der Waals surface area contributed by atoms with Crippen molar-refractivity contribution in [2.45, 2.75) is 18.5 Å². The molecular weight excluding hydrogens is 400 g/mol. The van der Waals surface area contributed by atoms with Crippen LogP contribution in [-0.2, 0) is 4.74 Å². The molecule has 1 amide bonds. The van der Waals surface area contributed by atoms with Crippen LogP contribution >= 0.6 is 11.3 Å². The number of para-hydroxylation sites is 1. The topological polar surface area (TPSA) is 115 Å². The molecular formula is C21H20N6O2S. The van der Waals surface area contributed by atoms with Gasteiger partial charge in [0.2, 0.25) is 5.95 Å². The molecule has 4 heterocycles. The Morgan fingerprint density at radius 1 is 1.20 bits per heavy atom. The number of carbonyl (C=O) groups is 1. The van der Waals surface area contributed by atoms with Crippen molar-refractivity contribution in [2.24, 2.45) is 5.73 Å². The van der Waals surface area contributed by atoms with E-state index < -0.39 is 0 Å². The lowest BCUT2D eigenvalue weighted by molar-refractivity contribution is 0.0751. The summed E-state index contributed by atoms with van der Waals surface area (Å²) in [5, 5.41) is 9.03. The van der Waals surface area contributed by atoms with E-state index in [0.717, 1.165) is 22.0 Å². The summed E-state index contributed by atoms with van der Waals surface area (Å²) < 4.78 is 6.23. The number of fused-ring (bicyclic) bond motifs is 2. The number of thiophene rings is 1. The summed E-state index contributed by atoms with van der Waals surface area (Å²) in [5.41, 5.74) is 8.65. The Balaban J connectivity index is 1.43. The number of carbonyl (C=O) groups excluding carboxylic acids is 1. The Hall–Kier alpha value is -3.14. The predicted molar refractivity (Wildman–Crippen MR) is 118 cm³/mol. The molecule has 1 aliphatic heterocycles. The maximum absolute atomic E-state index is 13.0. The lowest BCUT2D eigenvalue weighted by atomic mass is 10.1. The fourth-order valence-electron chi connectivity index (χ4n) is 3.56. The quantitative estimate of drug-likeness (QED) is 0.465. The number of hydrogen-bond acceptors (Lipinski definition) is 8. The van der Waals surface area contributed by atoms with Crippen molar-refractivity contribution in [2.75, 3.05) is 23.8 Å². The van der Waals surface area contributed by atoms with E-state index in [1.807, 2.05) is 30.3 Å². The van der Waals surface area contributed by atoms with Gasteiger partial charge >= 0.3 is 0 Å². The number of ether oxygens (including phenoxy) is 1. The summed E-state index contributed by atoms with van der Waals surface area (Å²) in [4.78, 5) is 26.4. The molecule has 30 heavy (non-hydrogen) atoms. The molecule has 0 unspecified atom stereocenters. The average molecular weight is 420 g/mol. The van der Waals surface area contributed by atoms with Gasteiger partial charge in [-0.15, -0.1) is 11.3 Å². The van der Waals surface area contributed by atoms with Gasteiger partial charge in [-0.25, -0.2) is 9.97 Å². The van der Waals surface area contributed by atoms with E-state index in [4.69, 9.17) is 10.5 Å². The predicted octanol–water partition coefficient (Wildman–Crippen LogP) is 3.02. The zero-order chi connectivity index (χ0) is 20.5. The monoisotopic (exact) mass is 420 g/mol. The van der Waals surface area contributed by atoms with Gasteiger partial charge in [0.1, 0.15) is 0 Å². The molecule has 4 N–H and O–H groups in total. The molecule has 2 atom stereocenters. The van der Waals surface area contributed by atoms with E-state index in [-0.39, 0.29) is 18.0 Å². The van der Waals surface area contributed by atoms with Crippen molar-refractivity contribution >= 4 is 50.0 Å². The van der Waals surface area contributed by atoms with Gasteiger partial charge in [-0.2, -0.15) is 0 Å². The van der Waals surface area contributed by atoms with Gasteiger partial charge in [0.15, 0.2) is 0 Å². The first kappa shape index (κ1) is 18.9. The van der Waals surface area contributed by atoms with Crippen molar-refractivity contribution in [3.63, 3.8) is 0 Å². The molecule has 0 aliphatic carbocycles. The highest BCUT2D eigenvalue weighted by atomic mass is 32.1. The van der Waals surface area contributed by atoms with Gasteiger partial charge in [-0.1, -0.05) is 18.2 Å². The third-order valence-electron chi connectivity index (χ3n) is 5.15. The highest BCUT2D eigenvalue weighted by Crippen LogP contribution is 2.27. The van der Waals surface area contributed by atoms with Gasteiger partial charge in [-0.3, -0.25) is 9.78 Å². The van der Waals surface area contributed by atoms with Crippen LogP contribution in [0.2, 0.25) is 0 Å². The summed E-state index contributed by atoms with van der Waals surface area (Å²) in [6.07, 6.45) is 4.23. The van der Waals surface area contributed by atoms with Crippen LogP contribution in [0.1, 0.15) is 16.8 Å². The van der Waals surface area contributed by atoms with Crippen LogP contribution < -0.4 is 16.4 Å². The van der Waals surface area contributed by atoms with Crippen LogP contribution in [0.4, 0.5) is 11.6 Å². The van der Waals surface area contributed by atoms with E-state index in [2.05, 4.69) is 25.6 Å². The lowest BCUT2D eigenvalue weighted by Gasteiger charge is -2.29. The van der Waals surface area contributed by atoms with E-state index in [0.29, 0.717) is 35.9 Å². The molecule has 0 saturated carbocycles. The summed E-state index contributed by atoms with van der Waals surface area (Å²) in [5.74, 6) is 0.232. The summed E-state index contributed by atoms with van der Waals surface area (Å²) in [7, 11) is 0. The molecule has 1 aliphatic rings. The van der Waals surface area contributed by atoms with E-state index in [1.165, 1.54) is 11.3 Å². The molecule has 5 rings (SSSR count). The number of anilines is 2. The first-order valence-corrected chi connectivity index (χ1v) is 10.6. The number of nitrogens with zero attached hydrogens (tertiary/aromatic N) is 3. The molecule has 9 heteroatoms. The van der Waals surface area contributed by atoms with Crippen LogP contribution in [0, 0.1) is 0 Å². The molecule has 0 radical (unpaired) electrons. The highest BCUT2D eigenvalue weighted by molar-refractivity contribution is 7.17. The Labute approximate surface area is 176 Å². The average Bonchev–Trinajstić information content (AvgIpc) is 3.19. The van der Waals surface area contributed by atoms with Gasteiger partial charge in [-0.05, 0) is 18.6 Å². The minimum absolute atomic E-state index is 0.0360. The van der Waals surface area contributed by atoms with Gasteiger partial charge in [0, 0.05) is 35.7 Å². The second-order valence-corrected chi connectivity index (χ2v) is 8.08. The van der Waals surface area contributed by atoms with Crippen LogP contribution in [0.5, 0.6) is 0 Å². The molecule has 1 saturated heterocycles. The summed E-state index contributed by atoms with van der Waals surface area (Å²) in [6, 6.07) is 9.45. The molecule has 4 aromatic rings. The minimum Gasteiger partial charge on any atom is -0.380 e. The van der Waals surface area contributed by atoms with Crippen LogP contribution in [-0.4, -0.2) is 46.2 Å². The number of pyridine rings is 1. The third-order valence-corrected chi connectivity index (χ3v) is 6.06. The number of rotatable bonds is 4. The minimum atomic E-state index is -0.230. The standard InChI is InChI=1S/C21H20N6O2S/c22-14-10-29-8-6-15(14)26-21-24-9-17-19(27-21)13(11-30-17)20(28)25-16-5-1-3-12-4-2-7-23-18(12)16/h1-5,7,9,11,14-15H,6,8,10,22H2,(H,25,28)(H,24,26,27)/t14-,15+/m0/s1. The van der Waals surface area contributed by atoms with Crippen molar-refractivity contribution in [1.82, 2.24) is 15.0 Å². The van der Waals surface area contributed by atoms with Crippen LogP contribution in [0.3, 0.4) is 0 Å². The van der Waals surface area contributed by atoms with Crippen molar-refractivity contribution in [1.29, 1.82) is 0 Å². The molecule has 1 fully saturated rings. The first-order chi connectivity index (χ1) is 14.7. The second-order valence-electron chi connectivity index (χ2n) is 7.17. The third kappa shape index (κ3) is 3.58. The van der Waals surface area contributed by atoms with Gasteiger partial charge in [0.25, 0.3) is 5.91 Å². The largest absolute Gasteiger partial charge is 0.380 e. The maximum Gasteiger partial charge on any atom is 0.258 e. The number of benzene rings is 1. The normalized spacial score (nSPS) is 19.1. The second kappa shape index (κ2) is 7.94. The SMILES string of the molecule is N[C@H]1COCC[C@H]1Nc1ncc2scc(C(=O)Nc3cccc4cccnc34)c2n1. The number of amides is 1. The highest BCUT2D eigenvalue weighted by Gasteiger charge is 2.23. The Kier molecular flexibility index (Phi) is 4.99. The van der Waals surface area contributed by atoms with Crippen molar-refractivity contribution in [3.05, 3.63) is 53.7 Å². The van der Waals surface area contributed by atoms with E-state index >= 15 is 0 Å². The molecule has 3 aromatic heterocycles. The number of hydrogen-bond donors (Lipinski definition) is 3. The molecule has 152 valence electrons. The van der Waals surface area contributed by atoms with E-state index in [1.54, 1.807) is 17.8 Å². The zero-order valence-electron chi connectivity index (χ0n) is 16.0.